The van der Waals surface area contributed by atoms with Gasteiger partial charge in [0.25, 0.3) is 0 Å². The summed E-state index contributed by atoms with van der Waals surface area (Å²) in [6, 6.07) is 36.8. The van der Waals surface area contributed by atoms with Crippen LogP contribution in [-0.4, -0.2) is 61.6 Å². The van der Waals surface area contributed by atoms with Crippen molar-refractivity contribution in [2.24, 2.45) is 0 Å². The molecule has 0 aliphatic carbocycles. The second kappa shape index (κ2) is 15.1. The first-order valence-electron chi connectivity index (χ1n) is 15.9. The highest BCUT2D eigenvalue weighted by molar-refractivity contribution is 5.46. The molecule has 0 N–H and O–H groups in total. The van der Waals surface area contributed by atoms with Crippen molar-refractivity contribution < 1.29 is 23.0 Å². The Hall–Kier alpha value is -3.62. The summed E-state index contributed by atoms with van der Waals surface area (Å²) in [5.74, 6) is -0.264. The molecule has 0 saturated carbocycles. The molecule has 4 aromatic carbocycles. The molecule has 0 radical (unpaired) electrons. The van der Waals surface area contributed by atoms with Crippen LogP contribution in [0.2, 0.25) is 0 Å². The zero-order valence-corrected chi connectivity index (χ0v) is 25.6. The summed E-state index contributed by atoms with van der Waals surface area (Å²) in [4.78, 5) is 4.31. The predicted octanol–water partition coefficient (Wildman–Crippen LogP) is 7.21. The normalized spacial score (nSPS) is 21.9. The highest BCUT2D eigenvalue weighted by Crippen LogP contribution is 2.33. The van der Waals surface area contributed by atoms with Crippen LogP contribution in [0.5, 0.6) is 0 Å². The summed E-state index contributed by atoms with van der Waals surface area (Å²) in [6.07, 6.45) is -0.151. The van der Waals surface area contributed by atoms with Crippen molar-refractivity contribution in [2.45, 2.75) is 56.6 Å². The number of anilines is 1. The Bertz CT molecular complexity index is 1380. The molecule has 4 aromatic rings. The third-order valence-corrected chi connectivity index (χ3v) is 8.87. The van der Waals surface area contributed by atoms with E-state index in [9.17, 15) is 4.39 Å². The van der Waals surface area contributed by atoms with E-state index in [0.717, 1.165) is 22.4 Å². The van der Waals surface area contributed by atoms with Crippen LogP contribution in [0.3, 0.4) is 0 Å². The lowest BCUT2D eigenvalue weighted by molar-refractivity contribution is -0.188. The van der Waals surface area contributed by atoms with E-state index >= 15 is 4.39 Å². The lowest BCUT2D eigenvalue weighted by Gasteiger charge is -2.46. The summed E-state index contributed by atoms with van der Waals surface area (Å²) in [7, 11) is 0. The van der Waals surface area contributed by atoms with E-state index in [0.29, 0.717) is 65.4 Å². The van der Waals surface area contributed by atoms with Gasteiger partial charge in [-0.2, -0.15) is 0 Å². The number of nitrogens with zero attached hydrogens (tertiary/aromatic N) is 2. The second-order valence-corrected chi connectivity index (χ2v) is 12.2. The summed E-state index contributed by atoms with van der Waals surface area (Å²) >= 11 is 0. The number of alkyl halides is 1. The number of piperidine rings is 2. The first-order valence-corrected chi connectivity index (χ1v) is 15.9. The maximum Gasteiger partial charge on any atom is 0.127 e. The molecular weight excluding hydrogens is 570 g/mol. The molecule has 236 valence electrons. The van der Waals surface area contributed by atoms with Gasteiger partial charge in [-0.3, -0.25) is 4.90 Å². The fourth-order valence-electron chi connectivity index (χ4n) is 6.37. The van der Waals surface area contributed by atoms with Gasteiger partial charge in [-0.25, -0.2) is 8.78 Å². The van der Waals surface area contributed by atoms with Crippen molar-refractivity contribution in [3.63, 3.8) is 0 Å². The van der Waals surface area contributed by atoms with Crippen molar-refractivity contribution in [2.75, 3.05) is 37.6 Å². The molecule has 0 amide bonds. The van der Waals surface area contributed by atoms with Crippen LogP contribution in [0.25, 0.3) is 0 Å². The topological polar surface area (TPSA) is 34.2 Å². The quantitative estimate of drug-likeness (QED) is 0.169. The van der Waals surface area contributed by atoms with Crippen LogP contribution in [0.15, 0.2) is 115 Å². The van der Waals surface area contributed by atoms with Crippen LogP contribution < -0.4 is 4.90 Å². The second-order valence-electron chi connectivity index (χ2n) is 12.2. The van der Waals surface area contributed by atoms with Gasteiger partial charge in [0.2, 0.25) is 0 Å². The smallest absolute Gasteiger partial charge is 0.127 e. The number of rotatable bonds is 12. The lowest BCUT2D eigenvalue weighted by Crippen LogP contribution is -2.60. The van der Waals surface area contributed by atoms with E-state index < -0.39 is 5.67 Å². The van der Waals surface area contributed by atoms with Gasteiger partial charge >= 0.3 is 0 Å². The highest BCUT2D eigenvalue weighted by atomic mass is 19.1. The molecular formula is C38H42F2N2O3. The van der Waals surface area contributed by atoms with E-state index in [-0.39, 0.29) is 24.1 Å². The first kappa shape index (κ1) is 31.4. The monoisotopic (exact) mass is 612 g/mol. The molecule has 2 saturated heterocycles. The minimum absolute atomic E-state index is 0.264. The molecule has 0 spiro atoms. The molecule has 6 rings (SSSR count). The summed E-state index contributed by atoms with van der Waals surface area (Å²) in [5.41, 5.74) is 2.82. The predicted molar refractivity (Wildman–Crippen MR) is 173 cm³/mol. The highest BCUT2D eigenvalue weighted by Gasteiger charge is 2.43. The number of ether oxygens (including phenoxy) is 3. The van der Waals surface area contributed by atoms with Gasteiger partial charge in [-0.1, -0.05) is 91.0 Å². The van der Waals surface area contributed by atoms with E-state index in [1.54, 1.807) is 12.1 Å². The van der Waals surface area contributed by atoms with Crippen LogP contribution in [-0.2, 0) is 34.0 Å². The molecule has 7 heteroatoms. The van der Waals surface area contributed by atoms with Crippen molar-refractivity contribution in [3.8, 4) is 0 Å². The standard InChI is InChI=1S/C38H42F2N2O3/c39-33-16-18-34(19-17-33)42-22-20-38(40,21-23-42)29-41-24-35(43-26-30-10-4-1-5-11-30)37(45-28-32-14-8-3-9-15-32)36(25-41)44-27-31-12-6-2-7-13-31/h1-19,35-37H,20-29H2. The Balaban J connectivity index is 1.18. The molecule has 45 heavy (non-hydrogen) atoms. The van der Waals surface area contributed by atoms with Gasteiger partial charge in [0.05, 0.1) is 32.0 Å². The third-order valence-electron chi connectivity index (χ3n) is 8.87. The Morgan fingerprint density at radius 3 is 1.51 bits per heavy atom. The summed E-state index contributed by atoms with van der Waals surface area (Å²) in [5, 5.41) is 0. The largest absolute Gasteiger partial charge is 0.371 e. The summed E-state index contributed by atoms with van der Waals surface area (Å²) < 4.78 is 49.7. The van der Waals surface area contributed by atoms with Crippen molar-refractivity contribution >= 4 is 5.69 Å². The number of hydrogen-bond acceptors (Lipinski definition) is 5. The van der Waals surface area contributed by atoms with Gasteiger partial charge in [0.15, 0.2) is 0 Å². The molecule has 2 aliphatic heterocycles. The lowest BCUT2D eigenvalue weighted by atomic mass is 9.90. The van der Waals surface area contributed by atoms with Gasteiger partial charge in [-0.15, -0.1) is 0 Å². The van der Waals surface area contributed by atoms with E-state index in [1.807, 2.05) is 54.6 Å². The zero-order valence-electron chi connectivity index (χ0n) is 25.6. The maximum absolute atomic E-state index is 16.5. The number of halogens is 2. The Morgan fingerprint density at radius 2 is 1.04 bits per heavy atom. The first-order chi connectivity index (χ1) is 22.0. The zero-order chi connectivity index (χ0) is 30.9. The van der Waals surface area contributed by atoms with E-state index in [1.165, 1.54) is 12.1 Å². The van der Waals surface area contributed by atoms with Gasteiger partial charge < -0.3 is 19.1 Å². The number of likely N-dealkylation sites (tertiary alicyclic amines) is 1. The Labute approximate surface area is 265 Å². The molecule has 2 aliphatic rings. The van der Waals surface area contributed by atoms with Crippen molar-refractivity contribution in [3.05, 3.63) is 138 Å². The van der Waals surface area contributed by atoms with E-state index in [2.05, 4.69) is 46.2 Å². The minimum Gasteiger partial charge on any atom is -0.371 e. The van der Waals surface area contributed by atoms with Crippen LogP contribution in [0.4, 0.5) is 14.5 Å². The number of benzene rings is 4. The average molecular weight is 613 g/mol. The Morgan fingerprint density at radius 1 is 0.600 bits per heavy atom. The molecule has 2 fully saturated rings. The minimum atomic E-state index is -1.35. The van der Waals surface area contributed by atoms with Crippen LogP contribution in [0.1, 0.15) is 29.5 Å². The molecule has 5 nitrogen and oxygen atoms in total. The molecule has 2 unspecified atom stereocenters. The fraction of sp³-hybridized carbons (Fsp3) is 0.368. The van der Waals surface area contributed by atoms with Gasteiger partial charge in [0.1, 0.15) is 17.6 Å². The molecule has 0 aromatic heterocycles. The maximum atomic E-state index is 16.5. The molecule has 2 atom stereocenters. The molecule has 0 bridgehead atoms. The van der Waals surface area contributed by atoms with Crippen molar-refractivity contribution in [1.82, 2.24) is 4.90 Å². The van der Waals surface area contributed by atoms with Gasteiger partial charge in [0, 0.05) is 51.3 Å². The fourth-order valence-corrected chi connectivity index (χ4v) is 6.37. The Kier molecular flexibility index (Phi) is 10.5. The van der Waals surface area contributed by atoms with Gasteiger partial charge in [-0.05, 0) is 41.0 Å². The van der Waals surface area contributed by atoms with Crippen LogP contribution >= 0.6 is 0 Å². The van der Waals surface area contributed by atoms with Crippen molar-refractivity contribution in [1.29, 1.82) is 0 Å². The SMILES string of the molecule is Fc1ccc(N2CCC(F)(CN3CC(OCc4ccccc4)C(OCc4ccccc4)C(OCc4ccccc4)C3)CC2)cc1. The molecule has 2 heterocycles. The van der Waals surface area contributed by atoms with E-state index in [4.69, 9.17) is 14.2 Å². The third kappa shape index (κ3) is 8.76. The van der Waals surface area contributed by atoms with Crippen LogP contribution in [0, 0.1) is 5.82 Å². The summed E-state index contributed by atoms with van der Waals surface area (Å²) in [6.45, 7) is 3.86. The average Bonchev–Trinajstić information content (AvgIpc) is 3.08. The number of hydrogen-bond donors (Lipinski definition) is 0.